The van der Waals surface area contributed by atoms with Crippen molar-refractivity contribution in [2.24, 2.45) is 0 Å². The average Bonchev–Trinajstić information content (AvgIpc) is 3.24. The van der Waals surface area contributed by atoms with Crippen LogP contribution in [0.5, 0.6) is 0 Å². The van der Waals surface area contributed by atoms with E-state index in [1.165, 1.54) is 24.0 Å². The van der Waals surface area contributed by atoms with Gasteiger partial charge in [0.25, 0.3) is 0 Å². The highest BCUT2D eigenvalue weighted by atomic mass is 32.2. The molecule has 1 fully saturated rings. The first-order valence-electron chi connectivity index (χ1n) is 8.65. The minimum absolute atomic E-state index is 0.0558. The number of benzene rings is 1. The van der Waals surface area contributed by atoms with Crippen LogP contribution in [-0.4, -0.2) is 61.8 Å². The third-order valence-corrected chi connectivity index (χ3v) is 6.06. The number of nitrogens with one attached hydrogen (secondary N) is 1. The Morgan fingerprint density at radius 2 is 2.17 bits per heavy atom. The molecule has 3 rings (SSSR count). The molecule has 2 aromatic rings. The quantitative estimate of drug-likeness (QED) is 0.688. The summed E-state index contributed by atoms with van der Waals surface area (Å²) in [6.07, 6.45) is 0.212. The molecule has 1 atom stereocenters. The van der Waals surface area contributed by atoms with E-state index in [9.17, 15) is 22.4 Å². The van der Waals surface area contributed by atoms with Crippen LogP contribution >= 0.6 is 11.3 Å². The van der Waals surface area contributed by atoms with E-state index in [0.717, 1.165) is 17.6 Å². The van der Waals surface area contributed by atoms with E-state index in [0.29, 0.717) is 15.7 Å². The summed E-state index contributed by atoms with van der Waals surface area (Å²) in [5, 5.41) is 11.2. The number of hydrogen-bond donors (Lipinski definition) is 1. The van der Waals surface area contributed by atoms with Crippen LogP contribution in [0.25, 0.3) is 10.6 Å². The van der Waals surface area contributed by atoms with Crippen LogP contribution in [0, 0.1) is 5.82 Å². The van der Waals surface area contributed by atoms with E-state index in [1.807, 2.05) is 0 Å². The molecule has 0 saturated carbocycles. The molecule has 1 aliphatic heterocycles. The van der Waals surface area contributed by atoms with E-state index >= 15 is 0 Å². The summed E-state index contributed by atoms with van der Waals surface area (Å²) in [7, 11) is -3.13. The highest BCUT2D eigenvalue weighted by molar-refractivity contribution is 7.90. The van der Waals surface area contributed by atoms with Crippen LogP contribution in [0.2, 0.25) is 0 Å². The van der Waals surface area contributed by atoms with Crippen molar-refractivity contribution in [3.05, 3.63) is 29.0 Å². The summed E-state index contributed by atoms with van der Waals surface area (Å²) in [6.45, 7) is 1.73. The van der Waals surface area contributed by atoms with Crippen molar-refractivity contribution in [3.63, 3.8) is 0 Å². The van der Waals surface area contributed by atoms with Crippen molar-refractivity contribution in [1.82, 2.24) is 15.5 Å². The summed E-state index contributed by atoms with van der Waals surface area (Å²) < 4.78 is 42.3. The molecule has 2 heterocycles. The second-order valence-corrected chi connectivity index (χ2v) is 9.92. The van der Waals surface area contributed by atoms with Crippen LogP contribution in [0.15, 0.2) is 18.2 Å². The molecule has 0 aliphatic carbocycles. The zero-order valence-corrected chi connectivity index (χ0v) is 17.3. The summed E-state index contributed by atoms with van der Waals surface area (Å²) in [5.41, 5.74) is 0.530. The lowest BCUT2D eigenvalue weighted by molar-refractivity contribution is -0.119. The van der Waals surface area contributed by atoms with Gasteiger partial charge in [0.2, 0.25) is 5.91 Å². The first-order chi connectivity index (χ1) is 13.6. The SMILES string of the molecule is CC(=O)NC[C@H]1CN(c2ccc(-c3nnc(CCS(C)(=O)=O)s3)c(F)c2)C(=O)O1. The Labute approximate surface area is 170 Å². The van der Waals surface area contributed by atoms with Gasteiger partial charge < -0.3 is 10.1 Å². The van der Waals surface area contributed by atoms with Crippen LogP contribution in [0.4, 0.5) is 14.9 Å². The van der Waals surface area contributed by atoms with Gasteiger partial charge in [0.15, 0.2) is 5.01 Å². The first kappa shape index (κ1) is 21.1. The molecule has 12 heteroatoms. The smallest absolute Gasteiger partial charge is 0.414 e. The highest BCUT2D eigenvalue weighted by Gasteiger charge is 2.32. The number of amides is 2. The van der Waals surface area contributed by atoms with E-state index in [4.69, 9.17) is 4.74 Å². The second kappa shape index (κ2) is 8.41. The van der Waals surface area contributed by atoms with E-state index in [2.05, 4.69) is 15.5 Å². The minimum atomic E-state index is -3.13. The molecule has 0 bridgehead atoms. The van der Waals surface area contributed by atoms with Gasteiger partial charge in [-0.25, -0.2) is 17.6 Å². The lowest BCUT2D eigenvalue weighted by Crippen LogP contribution is -2.33. The molecule has 0 spiro atoms. The lowest BCUT2D eigenvalue weighted by atomic mass is 10.2. The molecule has 1 N–H and O–H groups in total. The van der Waals surface area contributed by atoms with Gasteiger partial charge in [-0.05, 0) is 18.2 Å². The molecule has 156 valence electrons. The molecule has 2 amide bonds. The molecule has 29 heavy (non-hydrogen) atoms. The number of hydrogen-bond acceptors (Lipinski definition) is 8. The third kappa shape index (κ3) is 5.48. The van der Waals surface area contributed by atoms with Crippen molar-refractivity contribution in [3.8, 4) is 10.6 Å². The van der Waals surface area contributed by atoms with Crippen LogP contribution in [0.1, 0.15) is 11.9 Å². The van der Waals surface area contributed by atoms with Crippen molar-refractivity contribution in [1.29, 1.82) is 0 Å². The predicted octanol–water partition coefficient (Wildman–Crippen LogP) is 1.39. The fourth-order valence-corrected chi connectivity index (χ4v) is 4.24. The summed E-state index contributed by atoms with van der Waals surface area (Å²) >= 11 is 1.12. The number of aryl methyl sites for hydroxylation is 1. The van der Waals surface area contributed by atoms with Gasteiger partial charge in [-0.3, -0.25) is 9.69 Å². The van der Waals surface area contributed by atoms with Gasteiger partial charge in [-0.15, -0.1) is 10.2 Å². The van der Waals surface area contributed by atoms with E-state index in [1.54, 1.807) is 6.07 Å². The van der Waals surface area contributed by atoms with Crippen molar-refractivity contribution in [2.75, 3.05) is 30.0 Å². The number of carbonyl (C=O) groups is 2. The zero-order valence-electron chi connectivity index (χ0n) is 15.7. The summed E-state index contributed by atoms with van der Waals surface area (Å²) in [6, 6.07) is 4.26. The molecule has 0 radical (unpaired) electrons. The fraction of sp³-hybridized carbons (Fsp3) is 0.412. The van der Waals surface area contributed by atoms with Crippen molar-refractivity contribution >= 4 is 38.9 Å². The Hall–Kier alpha value is -2.60. The molecule has 9 nitrogen and oxygen atoms in total. The van der Waals surface area contributed by atoms with Gasteiger partial charge >= 0.3 is 6.09 Å². The Morgan fingerprint density at radius 3 is 2.83 bits per heavy atom. The number of halogens is 1. The number of aromatic nitrogens is 2. The Balaban J connectivity index is 1.71. The highest BCUT2D eigenvalue weighted by Crippen LogP contribution is 2.30. The third-order valence-electron chi connectivity index (χ3n) is 4.10. The van der Waals surface area contributed by atoms with Gasteiger partial charge in [0.1, 0.15) is 26.8 Å². The lowest BCUT2D eigenvalue weighted by Gasteiger charge is -2.14. The fourth-order valence-electron chi connectivity index (χ4n) is 2.68. The van der Waals surface area contributed by atoms with Crippen LogP contribution < -0.4 is 10.2 Å². The number of sulfone groups is 1. The van der Waals surface area contributed by atoms with E-state index < -0.39 is 27.9 Å². The predicted molar refractivity (Wildman–Crippen MR) is 105 cm³/mol. The molecule has 1 saturated heterocycles. The molecule has 1 aliphatic rings. The maximum absolute atomic E-state index is 14.7. The summed E-state index contributed by atoms with van der Waals surface area (Å²) in [5.74, 6) is -0.881. The number of carbonyl (C=O) groups excluding carboxylic acids is 2. The molecular weight excluding hydrogens is 423 g/mol. The largest absolute Gasteiger partial charge is 0.442 e. The molecule has 1 aromatic heterocycles. The summed E-state index contributed by atoms with van der Waals surface area (Å²) in [4.78, 5) is 24.3. The first-order valence-corrected chi connectivity index (χ1v) is 11.5. The number of cyclic esters (lactones) is 1. The van der Waals surface area contributed by atoms with Crippen LogP contribution in [-0.2, 0) is 25.8 Å². The number of rotatable bonds is 7. The number of anilines is 1. The van der Waals surface area contributed by atoms with Gasteiger partial charge in [-0.2, -0.15) is 0 Å². The van der Waals surface area contributed by atoms with Gasteiger partial charge in [0, 0.05) is 25.2 Å². The standard InChI is InChI=1S/C17H19FN4O5S2/c1-10(23)19-8-12-9-22(17(24)27-12)11-3-4-13(14(18)7-11)16-21-20-15(28-16)5-6-29(2,25)26/h3-4,7,12H,5-6,8-9H2,1-2H3,(H,19,23)/t12-/m0/s1. The monoisotopic (exact) mass is 442 g/mol. The van der Waals surface area contributed by atoms with Crippen molar-refractivity contribution in [2.45, 2.75) is 19.4 Å². The Bertz CT molecular complexity index is 1040. The van der Waals surface area contributed by atoms with E-state index in [-0.39, 0.29) is 36.7 Å². The zero-order chi connectivity index (χ0) is 21.2. The Morgan fingerprint density at radius 1 is 1.41 bits per heavy atom. The second-order valence-electron chi connectivity index (χ2n) is 6.60. The van der Waals surface area contributed by atoms with Crippen molar-refractivity contribution < 1.29 is 27.1 Å². The maximum atomic E-state index is 14.7. The van der Waals surface area contributed by atoms with Crippen LogP contribution in [0.3, 0.4) is 0 Å². The minimum Gasteiger partial charge on any atom is -0.442 e. The molecule has 0 unspecified atom stereocenters. The molecule has 1 aromatic carbocycles. The maximum Gasteiger partial charge on any atom is 0.414 e. The average molecular weight is 442 g/mol. The molecular formula is C17H19FN4O5S2. The number of nitrogens with zero attached hydrogens (tertiary/aromatic N) is 3. The Kier molecular flexibility index (Phi) is 6.13. The topological polar surface area (TPSA) is 119 Å². The van der Waals surface area contributed by atoms with Gasteiger partial charge in [0.05, 0.1) is 24.5 Å². The number of ether oxygens (including phenoxy) is 1. The van der Waals surface area contributed by atoms with Gasteiger partial charge in [-0.1, -0.05) is 11.3 Å². The normalized spacial score (nSPS) is 16.7.